The summed E-state index contributed by atoms with van der Waals surface area (Å²) in [6.45, 7) is 0.426. The number of carbonyl (C=O) groups excluding carboxylic acids is 1. The quantitative estimate of drug-likeness (QED) is 0.831. The summed E-state index contributed by atoms with van der Waals surface area (Å²) in [5.41, 5.74) is 1.28. The number of carbonyl (C=O) groups is 1. The first-order valence-corrected chi connectivity index (χ1v) is 5.58. The first-order valence-electron chi connectivity index (χ1n) is 5.58. The van der Waals surface area contributed by atoms with E-state index in [4.69, 9.17) is 0 Å². The molecule has 0 N–H and O–H groups in total. The number of pyridine rings is 1. The third kappa shape index (κ3) is 2.91. The second kappa shape index (κ2) is 5.40. The largest absolute Gasteiger partial charge is 0.336 e. The molecule has 0 aliphatic rings. The number of halogens is 1. The predicted octanol–water partition coefficient (Wildman–Crippen LogP) is 2.49. The highest BCUT2D eigenvalue weighted by molar-refractivity contribution is 5.91. The predicted molar refractivity (Wildman–Crippen MR) is 66.4 cm³/mol. The summed E-state index contributed by atoms with van der Waals surface area (Å²) in [5, 5.41) is 0. The van der Waals surface area contributed by atoms with Gasteiger partial charge in [-0.2, -0.15) is 0 Å². The Balaban J connectivity index is 2.06. The van der Waals surface area contributed by atoms with Crippen LogP contribution in [0.3, 0.4) is 0 Å². The van der Waals surface area contributed by atoms with Gasteiger partial charge in [-0.25, -0.2) is 4.39 Å². The van der Waals surface area contributed by atoms with Crippen LogP contribution in [0, 0.1) is 5.82 Å². The maximum atomic E-state index is 12.8. The van der Waals surface area contributed by atoms with E-state index in [0.717, 1.165) is 5.56 Å². The lowest BCUT2D eigenvalue weighted by Gasteiger charge is -2.16. The van der Waals surface area contributed by atoms with Crippen LogP contribution in [0.1, 0.15) is 16.1 Å². The lowest BCUT2D eigenvalue weighted by molar-refractivity contribution is 0.0779. The van der Waals surface area contributed by atoms with Crippen molar-refractivity contribution in [2.45, 2.75) is 6.54 Å². The van der Waals surface area contributed by atoms with Crippen molar-refractivity contribution in [3.63, 3.8) is 0 Å². The van der Waals surface area contributed by atoms with E-state index < -0.39 is 0 Å². The molecular weight excluding hydrogens is 231 g/mol. The Morgan fingerprint density at radius 1 is 1.22 bits per heavy atom. The summed E-state index contributed by atoms with van der Waals surface area (Å²) in [7, 11) is 1.69. The van der Waals surface area contributed by atoms with Crippen LogP contribution in [0.5, 0.6) is 0 Å². The van der Waals surface area contributed by atoms with Crippen LogP contribution in [-0.4, -0.2) is 22.8 Å². The Labute approximate surface area is 105 Å². The number of nitrogens with zero attached hydrogens (tertiary/aromatic N) is 2. The molecule has 2 aromatic rings. The van der Waals surface area contributed by atoms with Crippen LogP contribution in [0.15, 0.2) is 48.7 Å². The zero-order chi connectivity index (χ0) is 13.0. The molecule has 0 aliphatic carbocycles. The molecular formula is C14H13FN2O. The Hall–Kier alpha value is -2.23. The van der Waals surface area contributed by atoms with Crippen molar-refractivity contribution >= 4 is 5.91 Å². The fraction of sp³-hybridized carbons (Fsp3) is 0.143. The van der Waals surface area contributed by atoms with Crippen LogP contribution < -0.4 is 0 Å². The van der Waals surface area contributed by atoms with E-state index in [1.54, 1.807) is 48.5 Å². The topological polar surface area (TPSA) is 33.2 Å². The van der Waals surface area contributed by atoms with E-state index in [1.165, 1.54) is 12.1 Å². The second-order valence-corrected chi connectivity index (χ2v) is 4.00. The van der Waals surface area contributed by atoms with Gasteiger partial charge in [0.1, 0.15) is 11.5 Å². The highest BCUT2D eigenvalue weighted by atomic mass is 19.1. The van der Waals surface area contributed by atoms with Gasteiger partial charge >= 0.3 is 0 Å². The van der Waals surface area contributed by atoms with Gasteiger partial charge in [-0.15, -0.1) is 0 Å². The SMILES string of the molecule is CN(Cc1ccc(F)cc1)C(=O)c1ccccn1. The van der Waals surface area contributed by atoms with E-state index in [0.29, 0.717) is 12.2 Å². The Kier molecular flexibility index (Phi) is 3.67. The first-order chi connectivity index (χ1) is 8.66. The zero-order valence-corrected chi connectivity index (χ0v) is 10.0. The normalized spacial score (nSPS) is 10.1. The number of rotatable bonds is 3. The second-order valence-electron chi connectivity index (χ2n) is 4.00. The lowest BCUT2D eigenvalue weighted by Crippen LogP contribution is -2.26. The standard InChI is InChI=1S/C14H13FN2O/c1-17(10-11-5-7-12(15)8-6-11)14(18)13-4-2-3-9-16-13/h2-9H,10H2,1H3. The summed E-state index contributed by atoms with van der Waals surface area (Å²) < 4.78 is 12.8. The molecule has 92 valence electrons. The molecule has 0 aliphatic heterocycles. The maximum Gasteiger partial charge on any atom is 0.272 e. The molecule has 4 heteroatoms. The van der Waals surface area contributed by atoms with Crippen LogP contribution in [0.2, 0.25) is 0 Å². The van der Waals surface area contributed by atoms with E-state index in [9.17, 15) is 9.18 Å². The number of benzene rings is 1. The van der Waals surface area contributed by atoms with Gasteiger partial charge in [-0.05, 0) is 29.8 Å². The fourth-order valence-corrected chi connectivity index (χ4v) is 1.62. The van der Waals surface area contributed by atoms with Crippen molar-refractivity contribution in [1.82, 2.24) is 9.88 Å². The number of aromatic nitrogens is 1. The summed E-state index contributed by atoms with van der Waals surface area (Å²) >= 11 is 0. The molecule has 1 aromatic carbocycles. The summed E-state index contributed by atoms with van der Waals surface area (Å²) in [4.78, 5) is 17.6. The third-order valence-corrected chi connectivity index (χ3v) is 2.56. The molecule has 0 atom stereocenters. The summed E-state index contributed by atoms with van der Waals surface area (Å²) in [6.07, 6.45) is 1.58. The van der Waals surface area contributed by atoms with Gasteiger partial charge in [-0.3, -0.25) is 9.78 Å². The van der Waals surface area contributed by atoms with Crippen LogP contribution in [0.25, 0.3) is 0 Å². The average Bonchev–Trinajstić information content (AvgIpc) is 2.41. The van der Waals surface area contributed by atoms with Gasteiger partial charge in [0.2, 0.25) is 0 Å². The molecule has 1 aromatic heterocycles. The highest BCUT2D eigenvalue weighted by Gasteiger charge is 2.12. The van der Waals surface area contributed by atoms with E-state index in [2.05, 4.69) is 4.98 Å². The van der Waals surface area contributed by atoms with Gasteiger partial charge < -0.3 is 4.90 Å². The Morgan fingerprint density at radius 2 is 1.94 bits per heavy atom. The maximum absolute atomic E-state index is 12.8. The molecule has 0 radical (unpaired) electrons. The molecule has 1 amide bonds. The van der Waals surface area contributed by atoms with Crippen LogP contribution in [0.4, 0.5) is 4.39 Å². The van der Waals surface area contributed by atoms with Crippen molar-refractivity contribution in [2.75, 3.05) is 7.05 Å². The molecule has 18 heavy (non-hydrogen) atoms. The first kappa shape index (κ1) is 12.2. The molecule has 2 rings (SSSR count). The highest BCUT2D eigenvalue weighted by Crippen LogP contribution is 2.08. The number of hydrogen-bond acceptors (Lipinski definition) is 2. The van der Waals surface area contributed by atoms with Gasteiger partial charge in [0.25, 0.3) is 5.91 Å². The molecule has 0 bridgehead atoms. The van der Waals surface area contributed by atoms with E-state index >= 15 is 0 Å². The molecule has 1 heterocycles. The van der Waals surface area contributed by atoms with E-state index in [-0.39, 0.29) is 11.7 Å². The fourth-order valence-electron chi connectivity index (χ4n) is 1.62. The average molecular weight is 244 g/mol. The molecule has 0 unspecified atom stereocenters. The summed E-state index contributed by atoms with van der Waals surface area (Å²) in [6, 6.07) is 11.3. The molecule has 0 saturated heterocycles. The minimum atomic E-state index is -0.280. The lowest BCUT2D eigenvalue weighted by atomic mass is 10.2. The van der Waals surface area contributed by atoms with Crippen LogP contribution in [-0.2, 0) is 6.54 Å². The van der Waals surface area contributed by atoms with Crippen molar-refractivity contribution in [3.05, 3.63) is 65.7 Å². The van der Waals surface area contributed by atoms with Gasteiger partial charge in [0.05, 0.1) is 0 Å². The number of hydrogen-bond donors (Lipinski definition) is 0. The van der Waals surface area contributed by atoms with Crippen molar-refractivity contribution < 1.29 is 9.18 Å². The van der Waals surface area contributed by atoms with Gasteiger partial charge in [0.15, 0.2) is 0 Å². The van der Waals surface area contributed by atoms with Crippen molar-refractivity contribution in [1.29, 1.82) is 0 Å². The van der Waals surface area contributed by atoms with Crippen molar-refractivity contribution in [3.8, 4) is 0 Å². The van der Waals surface area contributed by atoms with Gasteiger partial charge in [0, 0.05) is 19.8 Å². The minimum Gasteiger partial charge on any atom is -0.336 e. The smallest absolute Gasteiger partial charge is 0.272 e. The molecule has 0 saturated carbocycles. The molecule has 0 spiro atoms. The van der Waals surface area contributed by atoms with Gasteiger partial charge in [-0.1, -0.05) is 18.2 Å². The van der Waals surface area contributed by atoms with E-state index in [1.807, 2.05) is 0 Å². The minimum absolute atomic E-state index is 0.153. The van der Waals surface area contributed by atoms with Crippen molar-refractivity contribution in [2.24, 2.45) is 0 Å². The monoisotopic (exact) mass is 244 g/mol. The molecule has 0 fully saturated rings. The Bertz CT molecular complexity index is 525. The molecule has 3 nitrogen and oxygen atoms in total. The van der Waals surface area contributed by atoms with Crippen LogP contribution >= 0.6 is 0 Å². The Morgan fingerprint density at radius 3 is 2.56 bits per heavy atom. The zero-order valence-electron chi connectivity index (χ0n) is 10.0. The third-order valence-electron chi connectivity index (χ3n) is 2.56. The summed E-state index contributed by atoms with van der Waals surface area (Å²) in [5.74, 6) is -0.433. The number of amides is 1.